The first-order valence-electron chi connectivity index (χ1n) is 7.88. The van der Waals surface area contributed by atoms with Gasteiger partial charge in [-0.25, -0.2) is 0 Å². The Balaban J connectivity index is 1.68. The molecule has 3 amide bonds. The minimum atomic E-state index is -0.786. The summed E-state index contributed by atoms with van der Waals surface area (Å²) in [5, 5.41) is 11.9. The van der Waals surface area contributed by atoms with E-state index >= 15 is 0 Å². The van der Waals surface area contributed by atoms with E-state index in [4.69, 9.17) is 5.11 Å². The fraction of sp³-hybridized carbons (Fsp3) is 0.412. The molecule has 0 saturated heterocycles. The lowest BCUT2D eigenvalue weighted by Crippen LogP contribution is -2.38. The van der Waals surface area contributed by atoms with Gasteiger partial charge in [-0.05, 0) is 43.9 Å². The molecule has 0 radical (unpaired) electrons. The van der Waals surface area contributed by atoms with Crippen LogP contribution < -0.4 is 5.32 Å². The summed E-state index contributed by atoms with van der Waals surface area (Å²) in [4.78, 5) is 48.2. The van der Waals surface area contributed by atoms with Crippen LogP contribution in [0, 0.1) is 5.92 Å². The topological polar surface area (TPSA) is 104 Å². The van der Waals surface area contributed by atoms with E-state index in [0.29, 0.717) is 36.8 Å². The van der Waals surface area contributed by atoms with E-state index in [-0.39, 0.29) is 29.3 Å². The highest BCUT2D eigenvalue weighted by Crippen LogP contribution is 2.26. The van der Waals surface area contributed by atoms with Crippen molar-refractivity contribution in [2.24, 2.45) is 5.92 Å². The van der Waals surface area contributed by atoms with Gasteiger partial charge in [0.1, 0.15) is 0 Å². The maximum atomic E-state index is 12.4. The monoisotopic (exact) mass is 330 g/mol. The number of aliphatic carboxylic acids is 1. The summed E-state index contributed by atoms with van der Waals surface area (Å²) in [6.07, 6.45) is 2.33. The summed E-state index contributed by atoms with van der Waals surface area (Å²) in [5.74, 6) is -2.21. The minimum Gasteiger partial charge on any atom is -0.481 e. The van der Waals surface area contributed by atoms with Gasteiger partial charge in [-0.2, -0.15) is 0 Å². The fourth-order valence-corrected chi connectivity index (χ4v) is 3.26. The highest BCUT2D eigenvalue weighted by molar-refractivity contribution is 6.21. The summed E-state index contributed by atoms with van der Waals surface area (Å²) >= 11 is 0. The van der Waals surface area contributed by atoms with E-state index in [1.54, 1.807) is 0 Å². The summed E-state index contributed by atoms with van der Waals surface area (Å²) in [7, 11) is 1.41. The summed E-state index contributed by atoms with van der Waals surface area (Å²) in [6.45, 7) is 0. The molecule has 0 bridgehead atoms. The second kappa shape index (κ2) is 6.07. The van der Waals surface area contributed by atoms with Gasteiger partial charge >= 0.3 is 5.97 Å². The Morgan fingerprint density at radius 1 is 1.08 bits per heavy atom. The van der Waals surface area contributed by atoms with Crippen molar-refractivity contribution in [3.8, 4) is 0 Å². The second-order valence-electron chi connectivity index (χ2n) is 6.29. The van der Waals surface area contributed by atoms with Crippen LogP contribution in [0.15, 0.2) is 18.2 Å². The Morgan fingerprint density at radius 3 is 2.33 bits per heavy atom. The van der Waals surface area contributed by atoms with E-state index in [2.05, 4.69) is 5.32 Å². The molecule has 7 heteroatoms. The summed E-state index contributed by atoms with van der Waals surface area (Å²) in [5.41, 5.74) is 0.872. The van der Waals surface area contributed by atoms with Crippen LogP contribution in [0.4, 0.5) is 0 Å². The molecule has 3 rings (SSSR count). The second-order valence-corrected chi connectivity index (χ2v) is 6.29. The number of imide groups is 1. The predicted octanol–water partition coefficient (Wildman–Crippen LogP) is 1.29. The van der Waals surface area contributed by atoms with E-state index in [1.165, 1.54) is 25.2 Å². The zero-order valence-electron chi connectivity index (χ0n) is 13.2. The third-order valence-electron chi connectivity index (χ3n) is 4.76. The Morgan fingerprint density at radius 2 is 1.71 bits per heavy atom. The van der Waals surface area contributed by atoms with E-state index < -0.39 is 11.9 Å². The van der Waals surface area contributed by atoms with Gasteiger partial charge in [-0.1, -0.05) is 0 Å². The Hall–Kier alpha value is -2.70. The number of nitrogens with one attached hydrogen (secondary N) is 1. The van der Waals surface area contributed by atoms with Gasteiger partial charge in [0.05, 0.1) is 17.0 Å². The standard InChI is InChI=1S/C17H18N2O5/c1-19-15(21)12-7-4-10(8-13(12)16(19)22)14(20)18-11-5-2-9(3-6-11)17(23)24/h4,7-9,11H,2-3,5-6H2,1H3,(H,18,20)(H,23,24). The Bertz CT molecular complexity index is 734. The molecule has 1 aromatic carbocycles. The van der Waals surface area contributed by atoms with Crippen LogP contribution in [0.3, 0.4) is 0 Å². The van der Waals surface area contributed by atoms with Crippen LogP contribution in [-0.4, -0.2) is 46.8 Å². The molecule has 0 atom stereocenters. The van der Waals surface area contributed by atoms with Gasteiger partial charge in [0.2, 0.25) is 0 Å². The Labute approximate surface area is 138 Å². The normalized spacial score (nSPS) is 23.1. The molecule has 2 aliphatic rings. The Kier molecular flexibility index (Phi) is 4.09. The van der Waals surface area contributed by atoms with E-state index in [1.807, 2.05) is 0 Å². The number of rotatable bonds is 3. The molecular weight excluding hydrogens is 312 g/mol. The third-order valence-corrected chi connectivity index (χ3v) is 4.76. The molecule has 1 aromatic rings. The van der Waals surface area contributed by atoms with Gasteiger partial charge in [-0.15, -0.1) is 0 Å². The predicted molar refractivity (Wildman–Crippen MR) is 83.7 cm³/mol. The third kappa shape index (κ3) is 2.77. The van der Waals surface area contributed by atoms with Crippen LogP contribution in [-0.2, 0) is 4.79 Å². The summed E-state index contributed by atoms with van der Waals surface area (Å²) < 4.78 is 0. The number of hydrogen-bond donors (Lipinski definition) is 2. The molecule has 0 spiro atoms. The molecule has 1 aliphatic carbocycles. The van der Waals surface area contributed by atoms with Crippen LogP contribution in [0.2, 0.25) is 0 Å². The van der Waals surface area contributed by atoms with Crippen molar-refractivity contribution in [1.29, 1.82) is 0 Å². The van der Waals surface area contributed by atoms with Crippen LogP contribution in [0.25, 0.3) is 0 Å². The highest BCUT2D eigenvalue weighted by Gasteiger charge is 2.33. The number of carboxylic acids is 1. The largest absolute Gasteiger partial charge is 0.481 e. The fourth-order valence-electron chi connectivity index (χ4n) is 3.26. The van der Waals surface area contributed by atoms with Crippen LogP contribution in [0.5, 0.6) is 0 Å². The van der Waals surface area contributed by atoms with Crippen molar-refractivity contribution in [3.63, 3.8) is 0 Å². The smallest absolute Gasteiger partial charge is 0.306 e. The average molecular weight is 330 g/mol. The number of carbonyl (C=O) groups is 4. The van der Waals surface area contributed by atoms with E-state index in [9.17, 15) is 19.2 Å². The SMILES string of the molecule is CN1C(=O)c2ccc(C(=O)NC3CCC(C(=O)O)CC3)cc2C1=O. The number of carbonyl (C=O) groups excluding carboxylic acids is 3. The minimum absolute atomic E-state index is 0.0682. The van der Waals surface area contributed by atoms with Gasteiger partial charge in [-0.3, -0.25) is 24.1 Å². The van der Waals surface area contributed by atoms with Crippen LogP contribution in [0.1, 0.15) is 56.8 Å². The quantitative estimate of drug-likeness (QED) is 0.813. The van der Waals surface area contributed by atoms with Gasteiger partial charge < -0.3 is 10.4 Å². The molecule has 0 unspecified atom stereocenters. The zero-order chi connectivity index (χ0) is 17.4. The molecule has 7 nitrogen and oxygen atoms in total. The maximum Gasteiger partial charge on any atom is 0.306 e. The summed E-state index contributed by atoms with van der Waals surface area (Å²) in [6, 6.07) is 4.40. The van der Waals surface area contributed by atoms with Gasteiger partial charge in [0, 0.05) is 18.7 Å². The van der Waals surface area contributed by atoms with Crippen molar-refractivity contribution in [2.45, 2.75) is 31.7 Å². The number of hydrogen-bond acceptors (Lipinski definition) is 4. The number of benzene rings is 1. The lowest BCUT2D eigenvalue weighted by atomic mass is 9.86. The van der Waals surface area contributed by atoms with Crippen molar-refractivity contribution < 1.29 is 24.3 Å². The molecular formula is C17H18N2O5. The van der Waals surface area contributed by atoms with E-state index in [0.717, 1.165) is 4.90 Å². The first-order valence-corrected chi connectivity index (χ1v) is 7.88. The molecule has 1 saturated carbocycles. The molecule has 1 fully saturated rings. The molecule has 2 N–H and O–H groups in total. The lowest BCUT2D eigenvalue weighted by molar-refractivity contribution is -0.142. The number of fused-ring (bicyclic) bond motifs is 1. The number of amides is 3. The van der Waals surface area contributed by atoms with Crippen molar-refractivity contribution >= 4 is 23.7 Å². The first kappa shape index (κ1) is 16.2. The highest BCUT2D eigenvalue weighted by atomic mass is 16.4. The van der Waals surface area contributed by atoms with Crippen molar-refractivity contribution in [3.05, 3.63) is 34.9 Å². The van der Waals surface area contributed by atoms with Crippen molar-refractivity contribution in [2.75, 3.05) is 7.05 Å². The number of nitrogens with zero attached hydrogens (tertiary/aromatic N) is 1. The first-order chi connectivity index (χ1) is 11.4. The van der Waals surface area contributed by atoms with Crippen LogP contribution >= 0.6 is 0 Å². The van der Waals surface area contributed by atoms with Gasteiger partial charge in [0.15, 0.2) is 0 Å². The average Bonchev–Trinajstić information content (AvgIpc) is 2.79. The lowest BCUT2D eigenvalue weighted by Gasteiger charge is -2.26. The zero-order valence-corrected chi connectivity index (χ0v) is 13.2. The van der Waals surface area contributed by atoms with Gasteiger partial charge in [0.25, 0.3) is 17.7 Å². The molecule has 1 aliphatic heterocycles. The number of carboxylic acid groups (broad SMARTS) is 1. The molecule has 1 heterocycles. The van der Waals surface area contributed by atoms with Crippen molar-refractivity contribution in [1.82, 2.24) is 10.2 Å². The maximum absolute atomic E-state index is 12.4. The molecule has 126 valence electrons. The molecule has 0 aromatic heterocycles. The molecule has 24 heavy (non-hydrogen) atoms.